The summed E-state index contributed by atoms with van der Waals surface area (Å²) in [5.41, 5.74) is 1.97. The highest BCUT2D eigenvalue weighted by Gasteiger charge is 2.30. The molecule has 0 aromatic carbocycles. The van der Waals surface area contributed by atoms with Crippen LogP contribution in [-0.2, 0) is 8.85 Å². The molecule has 30 heavy (non-hydrogen) atoms. The Morgan fingerprint density at radius 2 is 1.03 bits per heavy atom. The maximum absolute atomic E-state index is 6.39. The molecule has 2 nitrogen and oxygen atoms in total. The van der Waals surface area contributed by atoms with E-state index in [1.54, 1.807) is 0 Å². The van der Waals surface area contributed by atoms with Crippen LogP contribution in [0.1, 0.15) is 143 Å². The van der Waals surface area contributed by atoms with Crippen molar-refractivity contribution >= 4 is 8.56 Å². The van der Waals surface area contributed by atoms with Crippen LogP contribution >= 0.6 is 0 Å². The van der Waals surface area contributed by atoms with Crippen LogP contribution in [0, 0.1) is 0 Å². The zero-order valence-corrected chi connectivity index (χ0v) is 22.3. The van der Waals surface area contributed by atoms with Gasteiger partial charge >= 0.3 is 8.56 Å². The van der Waals surface area contributed by atoms with Gasteiger partial charge in [0.25, 0.3) is 0 Å². The van der Waals surface area contributed by atoms with E-state index in [0.717, 1.165) is 25.9 Å². The summed E-state index contributed by atoms with van der Waals surface area (Å²) in [5.74, 6) is 0. The highest BCUT2D eigenvalue weighted by Crippen LogP contribution is 2.19. The Kier molecular flexibility index (Phi) is 22.0. The van der Waals surface area contributed by atoms with Crippen molar-refractivity contribution in [1.82, 2.24) is 0 Å². The highest BCUT2D eigenvalue weighted by molar-refractivity contribution is 6.71. The fourth-order valence-electron chi connectivity index (χ4n) is 4.13. The summed E-state index contributed by atoms with van der Waals surface area (Å²) in [6, 6.07) is 0. The van der Waals surface area contributed by atoms with Crippen LogP contribution in [0.5, 0.6) is 0 Å². The normalized spacial score (nSPS) is 13.6. The smallest absolute Gasteiger partial charge is 0.361 e. The van der Waals surface area contributed by atoms with Gasteiger partial charge in [0.2, 0.25) is 0 Å². The summed E-state index contributed by atoms with van der Waals surface area (Å²) in [5, 5.41) is 0. The van der Waals surface area contributed by atoms with Gasteiger partial charge < -0.3 is 8.85 Å². The standard InChI is InChI=1S/C27H56O2Si/c1-6-10-11-12-13-14-15-16-17-18-19-20-21-22-23-26-28-30(5,9-4)29-27(24-7-2)25-8-3/h9,27H,4,6-8,10-26H2,1-3,5H3. The van der Waals surface area contributed by atoms with Crippen molar-refractivity contribution in [3.05, 3.63) is 12.3 Å². The van der Waals surface area contributed by atoms with Gasteiger partial charge in [-0.25, -0.2) is 0 Å². The second-order valence-corrected chi connectivity index (χ2v) is 12.3. The second-order valence-electron chi connectivity index (χ2n) is 9.34. The van der Waals surface area contributed by atoms with E-state index < -0.39 is 8.56 Å². The van der Waals surface area contributed by atoms with Crippen molar-refractivity contribution in [3.8, 4) is 0 Å². The van der Waals surface area contributed by atoms with E-state index in [1.807, 2.05) is 5.70 Å². The summed E-state index contributed by atoms with van der Waals surface area (Å²) in [6.07, 6.45) is 25.9. The Hall–Kier alpha value is -0.123. The number of hydrogen-bond donors (Lipinski definition) is 0. The predicted octanol–water partition coefficient (Wildman–Crippen LogP) is 9.66. The fourth-order valence-corrected chi connectivity index (χ4v) is 5.86. The molecule has 0 N–H and O–H groups in total. The van der Waals surface area contributed by atoms with Gasteiger partial charge in [-0.1, -0.05) is 124 Å². The quantitative estimate of drug-likeness (QED) is 0.110. The maximum Gasteiger partial charge on any atom is 0.361 e. The molecule has 180 valence electrons. The molecular weight excluding hydrogens is 384 g/mol. The largest absolute Gasteiger partial charge is 0.391 e. The molecule has 3 heteroatoms. The topological polar surface area (TPSA) is 18.5 Å². The molecule has 0 aromatic rings. The first-order valence-corrected chi connectivity index (χ1v) is 16.0. The lowest BCUT2D eigenvalue weighted by atomic mass is 10.0. The third-order valence-corrected chi connectivity index (χ3v) is 8.45. The maximum atomic E-state index is 6.39. The Morgan fingerprint density at radius 1 is 0.633 bits per heavy atom. The van der Waals surface area contributed by atoms with Crippen molar-refractivity contribution in [3.63, 3.8) is 0 Å². The first kappa shape index (κ1) is 29.9. The van der Waals surface area contributed by atoms with Gasteiger partial charge in [0.15, 0.2) is 0 Å². The first-order valence-electron chi connectivity index (χ1n) is 13.6. The van der Waals surface area contributed by atoms with Gasteiger partial charge in [-0.3, -0.25) is 0 Å². The van der Waals surface area contributed by atoms with E-state index in [-0.39, 0.29) is 0 Å². The minimum Gasteiger partial charge on any atom is -0.391 e. The van der Waals surface area contributed by atoms with Crippen LogP contribution in [-0.4, -0.2) is 21.3 Å². The summed E-state index contributed by atoms with van der Waals surface area (Å²) in [6.45, 7) is 13.8. The minimum absolute atomic E-state index is 0.343. The summed E-state index contributed by atoms with van der Waals surface area (Å²) < 4.78 is 12.6. The lowest BCUT2D eigenvalue weighted by Gasteiger charge is -2.29. The second kappa shape index (κ2) is 22.1. The molecule has 0 radical (unpaired) electrons. The third-order valence-electron chi connectivity index (χ3n) is 6.13. The molecule has 0 aliphatic rings. The predicted molar refractivity (Wildman–Crippen MR) is 137 cm³/mol. The zero-order valence-electron chi connectivity index (χ0n) is 21.3. The van der Waals surface area contributed by atoms with Crippen LogP contribution in [0.3, 0.4) is 0 Å². The summed E-state index contributed by atoms with van der Waals surface area (Å²) >= 11 is 0. The Balaban J connectivity index is 3.55. The highest BCUT2D eigenvalue weighted by atomic mass is 28.4. The van der Waals surface area contributed by atoms with Crippen LogP contribution in [0.2, 0.25) is 6.55 Å². The molecule has 0 aromatic heterocycles. The van der Waals surface area contributed by atoms with Gasteiger partial charge in [0.1, 0.15) is 0 Å². The van der Waals surface area contributed by atoms with Gasteiger partial charge in [0.05, 0.1) is 0 Å². The Bertz CT molecular complexity index is 355. The molecule has 0 spiro atoms. The zero-order chi connectivity index (χ0) is 22.3. The molecule has 0 fully saturated rings. The van der Waals surface area contributed by atoms with Crippen molar-refractivity contribution in [2.45, 2.75) is 155 Å². The average molecular weight is 441 g/mol. The molecule has 0 saturated carbocycles. The summed E-state index contributed by atoms with van der Waals surface area (Å²) in [7, 11) is -2.20. The van der Waals surface area contributed by atoms with Gasteiger partial charge in [-0.05, 0) is 31.5 Å². The third kappa shape index (κ3) is 18.6. The fraction of sp³-hybridized carbons (Fsp3) is 0.926. The molecule has 0 aliphatic heterocycles. The molecular formula is C27H56O2Si. The van der Waals surface area contributed by atoms with Crippen molar-refractivity contribution in [2.75, 3.05) is 6.61 Å². The molecule has 0 aliphatic carbocycles. The lowest BCUT2D eigenvalue weighted by Crippen LogP contribution is -2.41. The monoisotopic (exact) mass is 440 g/mol. The van der Waals surface area contributed by atoms with E-state index in [9.17, 15) is 0 Å². The van der Waals surface area contributed by atoms with E-state index in [1.165, 1.54) is 103 Å². The van der Waals surface area contributed by atoms with Gasteiger partial charge in [0, 0.05) is 12.7 Å². The number of hydrogen-bond acceptors (Lipinski definition) is 2. The number of unbranched alkanes of at least 4 members (excludes halogenated alkanes) is 14. The van der Waals surface area contributed by atoms with E-state index in [4.69, 9.17) is 8.85 Å². The van der Waals surface area contributed by atoms with Crippen LogP contribution in [0.4, 0.5) is 0 Å². The molecule has 1 unspecified atom stereocenters. The number of rotatable bonds is 24. The van der Waals surface area contributed by atoms with E-state index in [0.29, 0.717) is 6.10 Å². The van der Waals surface area contributed by atoms with Gasteiger partial charge in [-0.15, -0.1) is 6.58 Å². The summed E-state index contributed by atoms with van der Waals surface area (Å²) in [4.78, 5) is 0. The lowest BCUT2D eigenvalue weighted by molar-refractivity contribution is 0.109. The average Bonchev–Trinajstić information content (AvgIpc) is 2.74. The van der Waals surface area contributed by atoms with Crippen LogP contribution in [0.25, 0.3) is 0 Å². The molecule has 0 heterocycles. The molecule has 0 amide bonds. The molecule has 0 bridgehead atoms. The molecule has 1 atom stereocenters. The van der Waals surface area contributed by atoms with Crippen molar-refractivity contribution in [1.29, 1.82) is 0 Å². The van der Waals surface area contributed by atoms with Gasteiger partial charge in [-0.2, -0.15) is 0 Å². The van der Waals surface area contributed by atoms with Crippen LogP contribution in [0.15, 0.2) is 12.3 Å². The van der Waals surface area contributed by atoms with Crippen molar-refractivity contribution < 1.29 is 8.85 Å². The molecule has 0 saturated heterocycles. The first-order chi connectivity index (χ1) is 14.6. The molecule has 0 rings (SSSR count). The van der Waals surface area contributed by atoms with E-state index >= 15 is 0 Å². The van der Waals surface area contributed by atoms with Crippen LogP contribution < -0.4 is 0 Å². The Morgan fingerprint density at radius 3 is 1.40 bits per heavy atom. The minimum atomic E-state index is -2.20. The van der Waals surface area contributed by atoms with Crippen molar-refractivity contribution in [2.24, 2.45) is 0 Å². The SMILES string of the molecule is C=C[Si](C)(OCCCCCCCCCCCCCCCCC)OC(CCC)CCC. The Labute approximate surface area is 191 Å². The van der Waals surface area contributed by atoms with E-state index in [2.05, 4.69) is 33.9 Å².